The smallest absolute Gasteiger partial charge is 0.221 e. The van der Waals surface area contributed by atoms with Gasteiger partial charge in [-0.15, -0.1) is 0 Å². The molecule has 0 bridgehead atoms. The summed E-state index contributed by atoms with van der Waals surface area (Å²) in [5, 5.41) is 4.26. The van der Waals surface area contributed by atoms with Crippen LogP contribution in [0.4, 0.5) is 5.82 Å². The minimum atomic E-state index is 0.441. The highest BCUT2D eigenvalue weighted by molar-refractivity contribution is 5.37. The van der Waals surface area contributed by atoms with E-state index in [2.05, 4.69) is 10.1 Å². The first kappa shape index (κ1) is 10.5. The first-order valence-electron chi connectivity index (χ1n) is 4.98. The molecular formula is C11H14N4O. The van der Waals surface area contributed by atoms with E-state index in [4.69, 9.17) is 10.5 Å². The predicted octanol–water partition coefficient (Wildman–Crippen LogP) is 1.81. The fourth-order valence-corrected chi connectivity index (χ4v) is 1.49. The summed E-state index contributed by atoms with van der Waals surface area (Å²) in [5.41, 5.74) is 7.38. The van der Waals surface area contributed by atoms with Crippen molar-refractivity contribution >= 4 is 5.82 Å². The van der Waals surface area contributed by atoms with Gasteiger partial charge in [0.05, 0.1) is 5.69 Å². The summed E-state index contributed by atoms with van der Waals surface area (Å²) in [4.78, 5) is 4.08. The summed E-state index contributed by atoms with van der Waals surface area (Å²) < 4.78 is 7.44. The molecule has 5 heteroatoms. The van der Waals surface area contributed by atoms with E-state index in [-0.39, 0.29) is 0 Å². The Hall–Kier alpha value is -2.04. The average molecular weight is 218 g/mol. The molecule has 2 rings (SSSR count). The minimum absolute atomic E-state index is 0.441. The van der Waals surface area contributed by atoms with Crippen LogP contribution in [0.5, 0.6) is 11.6 Å². The summed E-state index contributed by atoms with van der Waals surface area (Å²) in [7, 11) is 1.88. The zero-order valence-corrected chi connectivity index (χ0v) is 9.56. The molecule has 0 aliphatic carbocycles. The average Bonchev–Trinajstić information content (AvgIpc) is 2.45. The fourth-order valence-electron chi connectivity index (χ4n) is 1.49. The van der Waals surface area contributed by atoms with E-state index in [1.54, 1.807) is 22.9 Å². The Bertz CT molecular complexity index is 519. The van der Waals surface area contributed by atoms with Crippen LogP contribution in [0.25, 0.3) is 0 Å². The van der Waals surface area contributed by atoms with Crippen molar-refractivity contribution in [2.24, 2.45) is 7.05 Å². The Kier molecular flexibility index (Phi) is 2.52. The lowest BCUT2D eigenvalue weighted by atomic mass is 10.3. The Morgan fingerprint density at radius 3 is 2.62 bits per heavy atom. The molecule has 0 spiro atoms. The van der Waals surface area contributed by atoms with E-state index < -0.39 is 0 Å². The van der Waals surface area contributed by atoms with Gasteiger partial charge in [0.25, 0.3) is 0 Å². The zero-order chi connectivity index (χ0) is 11.7. The number of nitrogen functional groups attached to an aromatic ring is 1. The van der Waals surface area contributed by atoms with E-state index in [1.807, 2.05) is 20.9 Å². The van der Waals surface area contributed by atoms with Gasteiger partial charge in [0.2, 0.25) is 5.88 Å². The van der Waals surface area contributed by atoms with Gasteiger partial charge in [0.15, 0.2) is 5.75 Å². The van der Waals surface area contributed by atoms with Gasteiger partial charge in [-0.25, -0.2) is 0 Å². The van der Waals surface area contributed by atoms with Crippen molar-refractivity contribution in [1.29, 1.82) is 0 Å². The van der Waals surface area contributed by atoms with Crippen LogP contribution in [0.2, 0.25) is 0 Å². The highest BCUT2D eigenvalue weighted by Crippen LogP contribution is 2.26. The van der Waals surface area contributed by atoms with Crippen molar-refractivity contribution in [3.63, 3.8) is 0 Å². The van der Waals surface area contributed by atoms with Gasteiger partial charge in [-0.1, -0.05) is 6.07 Å². The molecule has 0 unspecified atom stereocenters. The summed E-state index contributed by atoms with van der Waals surface area (Å²) in [6.45, 7) is 3.84. The molecule has 2 aromatic rings. The number of hydrogen-bond acceptors (Lipinski definition) is 4. The molecule has 2 aromatic heterocycles. The highest BCUT2D eigenvalue weighted by atomic mass is 16.5. The van der Waals surface area contributed by atoms with Gasteiger partial charge < -0.3 is 10.5 Å². The quantitative estimate of drug-likeness (QED) is 0.834. The Morgan fingerprint density at radius 2 is 2.06 bits per heavy atom. The molecular weight excluding hydrogens is 204 g/mol. The first-order chi connectivity index (χ1) is 7.58. The SMILES string of the molecule is Cc1nn(C)c(C)c1Oc1cccc(N)n1. The fraction of sp³-hybridized carbons (Fsp3) is 0.273. The molecule has 0 atom stereocenters. The van der Waals surface area contributed by atoms with E-state index >= 15 is 0 Å². The van der Waals surface area contributed by atoms with Crippen LogP contribution in [0.3, 0.4) is 0 Å². The van der Waals surface area contributed by atoms with Crippen molar-refractivity contribution in [2.45, 2.75) is 13.8 Å². The van der Waals surface area contributed by atoms with E-state index in [1.165, 1.54) is 0 Å². The van der Waals surface area contributed by atoms with Gasteiger partial charge in [0.1, 0.15) is 11.5 Å². The van der Waals surface area contributed by atoms with E-state index in [0.29, 0.717) is 11.7 Å². The van der Waals surface area contributed by atoms with Crippen LogP contribution in [-0.4, -0.2) is 14.8 Å². The predicted molar refractivity (Wildman–Crippen MR) is 61.4 cm³/mol. The molecule has 0 saturated heterocycles. The molecule has 0 fully saturated rings. The first-order valence-corrected chi connectivity index (χ1v) is 4.98. The summed E-state index contributed by atoms with van der Waals surface area (Å²) in [6.07, 6.45) is 0. The molecule has 0 aliphatic heterocycles. The molecule has 0 aromatic carbocycles. The largest absolute Gasteiger partial charge is 0.435 e. The van der Waals surface area contributed by atoms with Gasteiger partial charge in [0, 0.05) is 13.1 Å². The molecule has 0 radical (unpaired) electrons. The molecule has 0 amide bonds. The monoisotopic (exact) mass is 218 g/mol. The molecule has 0 aliphatic rings. The number of ether oxygens (including phenoxy) is 1. The molecule has 5 nitrogen and oxygen atoms in total. The van der Waals surface area contributed by atoms with Crippen LogP contribution in [0, 0.1) is 13.8 Å². The van der Waals surface area contributed by atoms with Gasteiger partial charge in [-0.05, 0) is 19.9 Å². The number of nitrogens with two attached hydrogens (primary N) is 1. The van der Waals surface area contributed by atoms with Crippen molar-refractivity contribution in [1.82, 2.24) is 14.8 Å². The number of anilines is 1. The molecule has 16 heavy (non-hydrogen) atoms. The Labute approximate surface area is 93.9 Å². The summed E-state index contributed by atoms with van der Waals surface area (Å²) in [6, 6.07) is 5.29. The van der Waals surface area contributed by atoms with Gasteiger partial charge in [-0.2, -0.15) is 10.1 Å². The minimum Gasteiger partial charge on any atom is -0.435 e. The number of pyridine rings is 1. The maximum absolute atomic E-state index is 5.67. The molecule has 0 saturated carbocycles. The summed E-state index contributed by atoms with van der Waals surface area (Å²) >= 11 is 0. The number of nitrogens with zero attached hydrogens (tertiary/aromatic N) is 3. The second-order valence-electron chi connectivity index (χ2n) is 3.63. The van der Waals surface area contributed by atoms with E-state index in [9.17, 15) is 0 Å². The zero-order valence-electron chi connectivity index (χ0n) is 9.56. The number of aryl methyl sites for hydroxylation is 2. The number of rotatable bonds is 2. The van der Waals surface area contributed by atoms with E-state index in [0.717, 1.165) is 17.1 Å². The lowest BCUT2D eigenvalue weighted by molar-refractivity contribution is 0.456. The van der Waals surface area contributed by atoms with Crippen LogP contribution in [-0.2, 0) is 7.05 Å². The number of hydrogen-bond donors (Lipinski definition) is 1. The second kappa shape index (κ2) is 3.84. The lowest BCUT2D eigenvalue weighted by Gasteiger charge is -2.05. The highest BCUT2D eigenvalue weighted by Gasteiger charge is 2.12. The van der Waals surface area contributed by atoms with Crippen molar-refractivity contribution < 1.29 is 4.74 Å². The molecule has 84 valence electrons. The maximum atomic E-state index is 5.67. The van der Waals surface area contributed by atoms with Crippen LogP contribution in [0.1, 0.15) is 11.4 Å². The third-order valence-electron chi connectivity index (χ3n) is 2.39. The van der Waals surface area contributed by atoms with Crippen LogP contribution >= 0.6 is 0 Å². The normalized spacial score (nSPS) is 10.4. The molecule has 2 heterocycles. The second-order valence-corrected chi connectivity index (χ2v) is 3.63. The Morgan fingerprint density at radius 1 is 1.31 bits per heavy atom. The van der Waals surface area contributed by atoms with Crippen LogP contribution < -0.4 is 10.5 Å². The van der Waals surface area contributed by atoms with Gasteiger partial charge in [-0.3, -0.25) is 4.68 Å². The third kappa shape index (κ3) is 1.84. The van der Waals surface area contributed by atoms with Crippen molar-refractivity contribution in [3.05, 3.63) is 29.6 Å². The summed E-state index contributed by atoms with van der Waals surface area (Å²) in [5.74, 6) is 1.66. The van der Waals surface area contributed by atoms with Crippen LogP contribution in [0.15, 0.2) is 18.2 Å². The molecule has 2 N–H and O–H groups in total. The van der Waals surface area contributed by atoms with Gasteiger partial charge >= 0.3 is 0 Å². The maximum Gasteiger partial charge on any atom is 0.221 e. The van der Waals surface area contributed by atoms with Crippen molar-refractivity contribution in [2.75, 3.05) is 5.73 Å². The Balaban J connectivity index is 2.34. The number of aromatic nitrogens is 3. The topological polar surface area (TPSA) is 66.0 Å². The van der Waals surface area contributed by atoms with Crippen molar-refractivity contribution in [3.8, 4) is 11.6 Å². The standard InChI is InChI=1S/C11H14N4O/c1-7-11(8(2)15(3)14-7)16-10-6-4-5-9(12)13-10/h4-6H,1-3H3,(H2,12,13). The lowest BCUT2D eigenvalue weighted by Crippen LogP contribution is -1.95. The third-order valence-corrected chi connectivity index (χ3v) is 2.39.